The average Bonchev–Trinajstić information content (AvgIpc) is 2.48. The Bertz CT molecular complexity index is 284. The van der Waals surface area contributed by atoms with Crippen molar-refractivity contribution in [2.24, 2.45) is 0 Å². The third kappa shape index (κ3) is 0.986. The van der Waals surface area contributed by atoms with Gasteiger partial charge in [0.05, 0.1) is 6.61 Å². The number of allylic oxidation sites excluding steroid dienone is 3. The molecule has 1 aliphatic heterocycles. The summed E-state index contributed by atoms with van der Waals surface area (Å²) in [6.07, 6.45) is 4.58. The average molecular weight is 164 g/mol. The van der Waals surface area contributed by atoms with Gasteiger partial charge in [0.25, 0.3) is 0 Å². The van der Waals surface area contributed by atoms with Gasteiger partial charge in [0.15, 0.2) is 11.5 Å². The number of ether oxygens (including phenoxy) is 1. The minimum atomic E-state index is 0.184. The van der Waals surface area contributed by atoms with Gasteiger partial charge in [0.2, 0.25) is 0 Å². The number of carbonyl (C=O) groups is 1. The lowest BCUT2D eigenvalue weighted by Crippen LogP contribution is -2.09. The third-order valence-corrected chi connectivity index (χ3v) is 2.48. The number of hydrogen-bond donors (Lipinski definition) is 0. The zero-order valence-electron chi connectivity index (χ0n) is 7.22. The number of Topliss-reactive ketones (excluding diaryl/α,β-unsaturated/α-hetero) is 1. The maximum Gasteiger partial charge on any atom is 0.197 e. The first kappa shape index (κ1) is 7.59. The van der Waals surface area contributed by atoms with E-state index in [2.05, 4.69) is 6.08 Å². The topological polar surface area (TPSA) is 26.3 Å². The van der Waals surface area contributed by atoms with Gasteiger partial charge in [-0.05, 0) is 18.9 Å². The van der Waals surface area contributed by atoms with Crippen molar-refractivity contribution in [1.29, 1.82) is 0 Å². The van der Waals surface area contributed by atoms with Gasteiger partial charge in [0, 0.05) is 18.4 Å². The zero-order chi connectivity index (χ0) is 8.55. The predicted molar refractivity (Wildman–Crippen MR) is 45.6 cm³/mol. The predicted octanol–water partition coefficient (Wildman–Crippen LogP) is 1.97. The fourth-order valence-corrected chi connectivity index (χ4v) is 1.84. The van der Waals surface area contributed by atoms with Crippen LogP contribution >= 0.6 is 0 Å². The molecule has 0 N–H and O–H groups in total. The summed E-state index contributed by atoms with van der Waals surface area (Å²) in [5.74, 6) is 0.832. The van der Waals surface area contributed by atoms with Crippen LogP contribution in [0.15, 0.2) is 23.0 Å². The molecule has 0 saturated carbocycles. The van der Waals surface area contributed by atoms with Gasteiger partial charge in [0.1, 0.15) is 0 Å². The van der Waals surface area contributed by atoms with Crippen molar-refractivity contribution < 1.29 is 9.53 Å². The van der Waals surface area contributed by atoms with Gasteiger partial charge in [-0.3, -0.25) is 4.79 Å². The highest BCUT2D eigenvalue weighted by atomic mass is 16.5. The van der Waals surface area contributed by atoms with Crippen LogP contribution in [0.1, 0.15) is 26.2 Å². The van der Waals surface area contributed by atoms with Gasteiger partial charge < -0.3 is 4.74 Å². The molecule has 2 aliphatic rings. The molecule has 0 fully saturated rings. The molecule has 0 unspecified atom stereocenters. The quantitative estimate of drug-likeness (QED) is 0.547. The molecule has 0 aromatic rings. The highest BCUT2D eigenvalue weighted by Crippen LogP contribution is 2.34. The summed E-state index contributed by atoms with van der Waals surface area (Å²) in [6, 6.07) is 0. The Kier molecular flexibility index (Phi) is 1.75. The second kappa shape index (κ2) is 2.77. The van der Waals surface area contributed by atoms with Gasteiger partial charge in [-0.25, -0.2) is 0 Å². The molecule has 0 radical (unpaired) electrons. The Labute approximate surface area is 71.9 Å². The number of ketones is 1. The smallest absolute Gasteiger partial charge is 0.197 e. The summed E-state index contributed by atoms with van der Waals surface area (Å²) in [5.41, 5.74) is 2.47. The van der Waals surface area contributed by atoms with E-state index in [1.807, 2.05) is 6.92 Å². The second-order valence-electron chi connectivity index (χ2n) is 3.14. The maximum atomic E-state index is 11.3. The van der Waals surface area contributed by atoms with Crippen LogP contribution in [0.3, 0.4) is 0 Å². The SMILES string of the molecule is C/C=C1/CCOC2=C1CCC2=O. The van der Waals surface area contributed by atoms with Crippen molar-refractivity contribution in [2.75, 3.05) is 6.61 Å². The van der Waals surface area contributed by atoms with Crippen LogP contribution in [-0.4, -0.2) is 12.4 Å². The van der Waals surface area contributed by atoms with Crippen LogP contribution in [0, 0.1) is 0 Å². The summed E-state index contributed by atoms with van der Waals surface area (Å²) >= 11 is 0. The Hall–Kier alpha value is -1.05. The summed E-state index contributed by atoms with van der Waals surface area (Å²) < 4.78 is 5.34. The van der Waals surface area contributed by atoms with E-state index in [4.69, 9.17) is 4.74 Å². The first-order valence-corrected chi connectivity index (χ1v) is 4.37. The van der Waals surface area contributed by atoms with Crippen LogP contribution < -0.4 is 0 Å². The Morgan fingerprint density at radius 1 is 1.33 bits per heavy atom. The fraction of sp³-hybridized carbons (Fsp3) is 0.500. The molecule has 64 valence electrons. The molecule has 2 rings (SSSR count). The minimum Gasteiger partial charge on any atom is -0.489 e. The molecule has 0 aromatic heterocycles. The molecule has 0 saturated heterocycles. The molecule has 0 amide bonds. The summed E-state index contributed by atoms with van der Waals surface area (Å²) in [7, 11) is 0. The van der Waals surface area contributed by atoms with Crippen molar-refractivity contribution in [3.8, 4) is 0 Å². The van der Waals surface area contributed by atoms with Crippen molar-refractivity contribution in [2.45, 2.75) is 26.2 Å². The highest BCUT2D eigenvalue weighted by Gasteiger charge is 2.29. The summed E-state index contributed by atoms with van der Waals surface area (Å²) in [6.45, 7) is 2.69. The third-order valence-electron chi connectivity index (χ3n) is 2.48. The van der Waals surface area contributed by atoms with Crippen LogP contribution in [-0.2, 0) is 9.53 Å². The van der Waals surface area contributed by atoms with E-state index in [1.54, 1.807) is 0 Å². The van der Waals surface area contributed by atoms with Crippen molar-refractivity contribution in [1.82, 2.24) is 0 Å². The molecule has 0 bridgehead atoms. The van der Waals surface area contributed by atoms with Crippen molar-refractivity contribution in [3.63, 3.8) is 0 Å². The summed E-state index contributed by atoms with van der Waals surface area (Å²) in [4.78, 5) is 11.3. The maximum absolute atomic E-state index is 11.3. The van der Waals surface area contributed by atoms with Gasteiger partial charge in [-0.1, -0.05) is 6.08 Å². The lowest BCUT2D eigenvalue weighted by molar-refractivity contribution is -0.118. The minimum absolute atomic E-state index is 0.184. The molecule has 1 aliphatic carbocycles. The van der Waals surface area contributed by atoms with E-state index in [1.165, 1.54) is 5.57 Å². The molecule has 0 aromatic carbocycles. The zero-order valence-corrected chi connectivity index (χ0v) is 7.22. The number of carbonyl (C=O) groups excluding carboxylic acids is 1. The highest BCUT2D eigenvalue weighted by molar-refractivity contribution is 5.98. The molecule has 0 spiro atoms. The monoisotopic (exact) mass is 164 g/mol. The normalized spacial score (nSPS) is 26.1. The van der Waals surface area contributed by atoms with Crippen LogP contribution in [0.25, 0.3) is 0 Å². The first-order valence-electron chi connectivity index (χ1n) is 4.37. The largest absolute Gasteiger partial charge is 0.489 e. The van der Waals surface area contributed by atoms with Gasteiger partial charge in [-0.2, -0.15) is 0 Å². The molecule has 0 atom stereocenters. The van der Waals surface area contributed by atoms with E-state index in [-0.39, 0.29) is 5.78 Å². The number of hydrogen-bond acceptors (Lipinski definition) is 2. The molecule has 2 nitrogen and oxygen atoms in total. The second-order valence-corrected chi connectivity index (χ2v) is 3.14. The van der Waals surface area contributed by atoms with Crippen LogP contribution in [0.4, 0.5) is 0 Å². The standard InChI is InChI=1S/C10H12O2/c1-2-7-5-6-12-10-8(7)3-4-9(10)11/h2H,3-6H2,1H3/b7-2-. The molecule has 1 heterocycles. The Morgan fingerprint density at radius 2 is 2.17 bits per heavy atom. The van der Waals surface area contributed by atoms with Gasteiger partial charge in [-0.15, -0.1) is 0 Å². The molecular weight excluding hydrogens is 152 g/mol. The van der Waals surface area contributed by atoms with E-state index >= 15 is 0 Å². The van der Waals surface area contributed by atoms with Crippen LogP contribution in [0.2, 0.25) is 0 Å². The van der Waals surface area contributed by atoms with E-state index in [0.717, 1.165) is 18.4 Å². The lowest BCUT2D eigenvalue weighted by Gasteiger charge is -2.17. The number of rotatable bonds is 0. The van der Waals surface area contributed by atoms with E-state index in [9.17, 15) is 4.79 Å². The lowest BCUT2D eigenvalue weighted by atomic mass is 10.0. The van der Waals surface area contributed by atoms with Crippen LogP contribution in [0.5, 0.6) is 0 Å². The van der Waals surface area contributed by atoms with E-state index in [0.29, 0.717) is 18.8 Å². The molecule has 2 heteroatoms. The van der Waals surface area contributed by atoms with E-state index < -0.39 is 0 Å². The van der Waals surface area contributed by atoms with Gasteiger partial charge >= 0.3 is 0 Å². The Balaban J connectivity index is 2.41. The van der Waals surface area contributed by atoms with Crippen molar-refractivity contribution >= 4 is 5.78 Å². The Morgan fingerprint density at radius 3 is 2.92 bits per heavy atom. The molecular formula is C10H12O2. The summed E-state index contributed by atoms with van der Waals surface area (Å²) in [5, 5.41) is 0. The fourth-order valence-electron chi connectivity index (χ4n) is 1.84. The van der Waals surface area contributed by atoms with Crippen molar-refractivity contribution in [3.05, 3.63) is 23.0 Å². The first-order chi connectivity index (χ1) is 5.83. The molecule has 12 heavy (non-hydrogen) atoms.